The van der Waals surface area contributed by atoms with E-state index in [2.05, 4.69) is 5.32 Å². The predicted molar refractivity (Wildman–Crippen MR) is 116 cm³/mol. The molecule has 0 spiro atoms. The van der Waals surface area contributed by atoms with Crippen LogP contribution < -0.4 is 19.5 Å². The zero-order chi connectivity index (χ0) is 22.5. The van der Waals surface area contributed by atoms with E-state index in [-0.39, 0.29) is 18.4 Å². The van der Waals surface area contributed by atoms with Gasteiger partial charge in [-0.1, -0.05) is 44.5 Å². The number of halogens is 1. The Morgan fingerprint density at radius 1 is 1.10 bits per heavy atom. The summed E-state index contributed by atoms with van der Waals surface area (Å²) >= 11 is 6.29. The molecular formula is C22H28ClNO6. The summed E-state index contributed by atoms with van der Waals surface area (Å²) in [5, 5.41) is 14.4. The quantitative estimate of drug-likeness (QED) is 0.595. The molecule has 0 bridgehead atoms. The van der Waals surface area contributed by atoms with Crippen LogP contribution in [0.5, 0.6) is 17.2 Å². The molecule has 30 heavy (non-hydrogen) atoms. The van der Waals surface area contributed by atoms with E-state index in [0.29, 0.717) is 33.3 Å². The smallest absolute Gasteiger partial charge is 0.229 e. The third-order valence-electron chi connectivity index (χ3n) is 4.37. The highest BCUT2D eigenvalue weighted by atomic mass is 35.5. The summed E-state index contributed by atoms with van der Waals surface area (Å²) in [7, 11) is 4.48. The number of anilines is 1. The van der Waals surface area contributed by atoms with E-state index in [1.165, 1.54) is 21.3 Å². The van der Waals surface area contributed by atoms with Gasteiger partial charge in [0.15, 0.2) is 18.3 Å². The first-order valence-electron chi connectivity index (χ1n) is 9.29. The van der Waals surface area contributed by atoms with Crippen molar-refractivity contribution >= 4 is 23.2 Å². The number of rotatable bonds is 8. The molecule has 2 rings (SSSR count). The fraction of sp³-hybridized carbons (Fsp3) is 0.409. The molecule has 0 saturated carbocycles. The predicted octanol–water partition coefficient (Wildman–Crippen LogP) is 4.41. The van der Waals surface area contributed by atoms with E-state index in [0.717, 1.165) is 0 Å². The Morgan fingerprint density at radius 2 is 1.80 bits per heavy atom. The molecule has 0 aromatic heterocycles. The lowest BCUT2D eigenvalue weighted by Crippen LogP contribution is -2.28. The topological polar surface area (TPSA) is 86.2 Å². The molecular weight excluding hydrogens is 410 g/mol. The highest BCUT2D eigenvalue weighted by molar-refractivity contribution is 6.31. The minimum Gasteiger partial charge on any atom is -0.493 e. The van der Waals surface area contributed by atoms with Gasteiger partial charge in [0.1, 0.15) is 11.9 Å². The number of carbonyl (C=O) groups excluding carboxylic acids is 1. The van der Waals surface area contributed by atoms with Crippen molar-refractivity contribution in [3.63, 3.8) is 0 Å². The van der Waals surface area contributed by atoms with Gasteiger partial charge < -0.3 is 29.4 Å². The van der Waals surface area contributed by atoms with Gasteiger partial charge in [-0.15, -0.1) is 0 Å². The molecule has 2 N–H and O–H groups in total. The number of hydrogen-bond donors (Lipinski definition) is 2. The number of para-hydroxylation sites is 1. The molecule has 2 aromatic carbocycles. The summed E-state index contributed by atoms with van der Waals surface area (Å²) in [5.41, 5.74) is 0.420. The number of aliphatic hydroxyl groups excluding tert-OH is 1. The molecule has 0 heterocycles. The van der Waals surface area contributed by atoms with Gasteiger partial charge in [-0.25, -0.2) is 0 Å². The number of nitrogens with one attached hydrogen (secondary N) is 1. The van der Waals surface area contributed by atoms with Crippen molar-refractivity contribution in [2.45, 2.75) is 26.9 Å². The van der Waals surface area contributed by atoms with Crippen LogP contribution in [0.2, 0.25) is 5.02 Å². The van der Waals surface area contributed by atoms with E-state index < -0.39 is 11.5 Å². The molecule has 1 amide bonds. The van der Waals surface area contributed by atoms with Crippen LogP contribution in [0.4, 0.5) is 5.69 Å². The molecule has 0 fully saturated rings. The summed E-state index contributed by atoms with van der Waals surface area (Å²) in [5.74, 6) is 0.864. The van der Waals surface area contributed by atoms with Gasteiger partial charge in [0.05, 0.1) is 19.9 Å². The normalized spacial score (nSPS) is 12.3. The molecule has 164 valence electrons. The van der Waals surface area contributed by atoms with Crippen LogP contribution in [0.25, 0.3) is 0 Å². The average molecular weight is 438 g/mol. The number of amides is 1. The van der Waals surface area contributed by atoms with Gasteiger partial charge in [0.25, 0.3) is 0 Å². The van der Waals surface area contributed by atoms with Crippen molar-refractivity contribution in [2.75, 3.05) is 33.4 Å². The molecule has 0 aliphatic carbocycles. The standard InChI is InChI=1S/C22H28ClNO6/c1-22(2,3)21(26)24-18-15(10-13(23)11-17(18)30-12-27-4)19(25)14-8-7-9-16(28-5)20(14)29-6/h7-11,19,25H,12H2,1-6H3,(H,24,26). The highest BCUT2D eigenvalue weighted by Crippen LogP contribution is 2.43. The van der Waals surface area contributed by atoms with E-state index in [9.17, 15) is 9.90 Å². The van der Waals surface area contributed by atoms with Crippen molar-refractivity contribution in [2.24, 2.45) is 5.41 Å². The van der Waals surface area contributed by atoms with Gasteiger partial charge in [0.2, 0.25) is 5.91 Å². The lowest BCUT2D eigenvalue weighted by molar-refractivity contribution is -0.123. The summed E-state index contributed by atoms with van der Waals surface area (Å²) in [6, 6.07) is 8.29. The number of carbonyl (C=O) groups is 1. The fourth-order valence-corrected chi connectivity index (χ4v) is 3.00. The van der Waals surface area contributed by atoms with Crippen molar-refractivity contribution < 1.29 is 28.8 Å². The number of hydrogen-bond acceptors (Lipinski definition) is 6. The Bertz CT molecular complexity index is 894. The van der Waals surface area contributed by atoms with Gasteiger partial charge in [0, 0.05) is 34.7 Å². The third kappa shape index (κ3) is 5.36. The second-order valence-electron chi connectivity index (χ2n) is 7.61. The molecule has 2 aromatic rings. The van der Waals surface area contributed by atoms with E-state index in [4.69, 9.17) is 30.5 Å². The monoisotopic (exact) mass is 437 g/mol. The molecule has 1 atom stereocenters. The Balaban J connectivity index is 2.65. The minimum absolute atomic E-state index is 0.0588. The number of ether oxygens (including phenoxy) is 4. The Labute approximate surface area is 181 Å². The highest BCUT2D eigenvalue weighted by Gasteiger charge is 2.28. The SMILES string of the molecule is COCOc1cc(Cl)cc(C(O)c2cccc(OC)c2OC)c1NC(=O)C(C)(C)C. The first kappa shape index (κ1) is 23.8. The first-order chi connectivity index (χ1) is 14.1. The second-order valence-corrected chi connectivity index (χ2v) is 8.04. The van der Waals surface area contributed by atoms with Gasteiger partial charge in [-0.05, 0) is 12.1 Å². The van der Waals surface area contributed by atoms with Crippen LogP contribution in [0.3, 0.4) is 0 Å². The number of benzene rings is 2. The maximum atomic E-state index is 12.7. The van der Waals surface area contributed by atoms with Crippen LogP contribution in [0.1, 0.15) is 38.0 Å². The van der Waals surface area contributed by atoms with Crippen LogP contribution >= 0.6 is 11.6 Å². The summed E-state index contributed by atoms with van der Waals surface area (Å²) in [4.78, 5) is 12.7. The second kappa shape index (κ2) is 10.0. The number of methoxy groups -OCH3 is 3. The Morgan fingerprint density at radius 3 is 2.37 bits per heavy atom. The minimum atomic E-state index is -1.19. The molecule has 7 nitrogen and oxygen atoms in total. The molecule has 1 unspecified atom stereocenters. The maximum Gasteiger partial charge on any atom is 0.229 e. The average Bonchev–Trinajstić information content (AvgIpc) is 2.71. The van der Waals surface area contributed by atoms with E-state index in [1.807, 2.05) is 0 Å². The van der Waals surface area contributed by atoms with E-state index in [1.54, 1.807) is 51.1 Å². The van der Waals surface area contributed by atoms with E-state index >= 15 is 0 Å². The summed E-state index contributed by atoms with van der Waals surface area (Å²) < 4.78 is 21.4. The van der Waals surface area contributed by atoms with Crippen molar-refractivity contribution in [3.05, 3.63) is 46.5 Å². The first-order valence-corrected chi connectivity index (χ1v) is 9.67. The summed E-state index contributed by atoms with van der Waals surface area (Å²) in [6.45, 7) is 5.30. The van der Waals surface area contributed by atoms with Gasteiger partial charge >= 0.3 is 0 Å². The molecule has 8 heteroatoms. The van der Waals surface area contributed by atoms with Crippen molar-refractivity contribution in [1.29, 1.82) is 0 Å². The molecule has 0 saturated heterocycles. The maximum absolute atomic E-state index is 12.7. The van der Waals surface area contributed by atoms with Crippen LogP contribution in [0, 0.1) is 5.41 Å². The fourth-order valence-electron chi connectivity index (χ4n) is 2.78. The molecule has 0 aliphatic heterocycles. The zero-order valence-electron chi connectivity index (χ0n) is 18.0. The van der Waals surface area contributed by atoms with Crippen molar-refractivity contribution in [1.82, 2.24) is 0 Å². The van der Waals surface area contributed by atoms with Crippen molar-refractivity contribution in [3.8, 4) is 17.2 Å². The van der Waals surface area contributed by atoms with Crippen LogP contribution in [-0.4, -0.2) is 39.1 Å². The van der Waals surface area contributed by atoms with Crippen LogP contribution in [-0.2, 0) is 9.53 Å². The lowest BCUT2D eigenvalue weighted by Gasteiger charge is -2.24. The molecule has 0 radical (unpaired) electrons. The lowest BCUT2D eigenvalue weighted by atomic mass is 9.94. The third-order valence-corrected chi connectivity index (χ3v) is 4.59. The Kier molecular flexibility index (Phi) is 7.95. The van der Waals surface area contributed by atoms with Crippen LogP contribution in [0.15, 0.2) is 30.3 Å². The number of aliphatic hydroxyl groups is 1. The summed E-state index contributed by atoms with van der Waals surface area (Å²) in [6.07, 6.45) is -1.19. The van der Waals surface area contributed by atoms with Gasteiger partial charge in [-0.2, -0.15) is 0 Å². The Hall–Kier alpha value is -2.48. The largest absolute Gasteiger partial charge is 0.493 e. The zero-order valence-corrected chi connectivity index (χ0v) is 18.8. The molecule has 0 aliphatic rings. The van der Waals surface area contributed by atoms with Gasteiger partial charge in [-0.3, -0.25) is 4.79 Å².